The monoisotopic (exact) mass is 439 g/mol. The van der Waals surface area contributed by atoms with Gasteiger partial charge in [0, 0.05) is 30.4 Å². The SMILES string of the molecule is NS(=O)(=O)c1cc2c(cc1F)CCN2C(=O)C1Cc2cc(-c3ccccn3)ccc2O1. The maximum absolute atomic E-state index is 14.1. The predicted molar refractivity (Wildman–Crippen MR) is 112 cm³/mol. The number of anilines is 1. The van der Waals surface area contributed by atoms with E-state index in [2.05, 4.69) is 4.98 Å². The van der Waals surface area contributed by atoms with Gasteiger partial charge in [-0.1, -0.05) is 6.07 Å². The van der Waals surface area contributed by atoms with Crippen LogP contribution >= 0.6 is 0 Å². The van der Waals surface area contributed by atoms with Gasteiger partial charge < -0.3 is 9.64 Å². The summed E-state index contributed by atoms with van der Waals surface area (Å²) in [5.41, 5.74) is 3.56. The second-order valence-corrected chi connectivity index (χ2v) is 9.07. The Morgan fingerprint density at radius 2 is 2.00 bits per heavy atom. The molecule has 31 heavy (non-hydrogen) atoms. The first-order chi connectivity index (χ1) is 14.8. The van der Waals surface area contributed by atoms with Gasteiger partial charge in [-0.2, -0.15) is 0 Å². The van der Waals surface area contributed by atoms with E-state index in [1.807, 2.05) is 36.4 Å². The van der Waals surface area contributed by atoms with Crippen LogP contribution in [0.3, 0.4) is 0 Å². The summed E-state index contributed by atoms with van der Waals surface area (Å²) in [4.78, 5) is 18.4. The van der Waals surface area contributed by atoms with Gasteiger partial charge in [0.1, 0.15) is 16.5 Å². The van der Waals surface area contributed by atoms with Crippen LogP contribution in [0.25, 0.3) is 11.3 Å². The number of fused-ring (bicyclic) bond motifs is 2. The Labute approximate surface area is 178 Å². The number of nitrogens with zero attached hydrogens (tertiary/aromatic N) is 2. The molecule has 0 fully saturated rings. The van der Waals surface area contributed by atoms with Crippen LogP contribution < -0.4 is 14.8 Å². The number of rotatable bonds is 3. The highest BCUT2D eigenvalue weighted by atomic mass is 32.2. The number of halogens is 1. The second-order valence-electron chi connectivity index (χ2n) is 7.54. The number of nitrogens with two attached hydrogens (primary N) is 1. The van der Waals surface area contributed by atoms with Crippen molar-refractivity contribution in [3.63, 3.8) is 0 Å². The molecule has 2 aliphatic heterocycles. The van der Waals surface area contributed by atoms with Crippen LogP contribution in [-0.4, -0.2) is 32.0 Å². The summed E-state index contributed by atoms with van der Waals surface area (Å²) in [6, 6.07) is 13.6. The van der Waals surface area contributed by atoms with Crippen molar-refractivity contribution in [2.24, 2.45) is 5.14 Å². The van der Waals surface area contributed by atoms with Crippen molar-refractivity contribution < 1.29 is 22.3 Å². The molecular weight excluding hydrogens is 421 g/mol. The molecule has 1 amide bonds. The van der Waals surface area contributed by atoms with Crippen LogP contribution in [-0.2, 0) is 27.7 Å². The molecule has 0 saturated carbocycles. The maximum atomic E-state index is 14.1. The van der Waals surface area contributed by atoms with E-state index in [0.29, 0.717) is 36.4 Å². The van der Waals surface area contributed by atoms with Gasteiger partial charge >= 0.3 is 0 Å². The van der Waals surface area contributed by atoms with Crippen molar-refractivity contribution in [2.75, 3.05) is 11.4 Å². The topological polar surface area (TPSA) is 103 Å². The smallest absolute Gasteiger partial charge is 0.268 e. The van der Waals surface area contributed by atoms with E-state index < -0.39 is 26.8 Å². The minimum atomic E-state index is -4.25. The quantitative estimate of drug-likeness (QED) is 0.675. The Morgan fingerprint density at radius 1 is 1.16 bits per heavy atom. The van der Waals surface area contributed by atoms with Crippen molar-refractivity contribution in [3.05, 3.63) is 71.7 Å². The molecule has 1 atom stereocenters. The first kappa shape index (κ1) is 19.7. The number of sulfonamides is 1. The average Bonchev–Trinajstić information content (AvgIpc) is 3.35. The van der Waals surface area contributed by atoms with Crippen LogP contribution in [0, 0.1) is 5.82 Å². The summed E-state index contributed by atoms with van der Waals surface area (Å²) in [5, 5.41) is 5.11. The summed E-state index contributed by atoms with van der Waals surface area (Å²) < 4.78 is 43.4. The first-order valence-electron chi connectivity index (χ1n) is 9.69. The minimum Gasteiger partial charge on any atom is -0.480 e. The molecule has 2 aliphatic rings. The van der Waals surface area contributed by atoms with Crippen LogP contribution in [0.5, 0.6) is 5.75 Å². The normalized spacial score (nSPS) is 17.2. The van der Waals surface area contributed by atoms with Gasteiger partial charge in [0.2, 0.25) is 10.0 Å². The number of aromatic nitrogens is 1. The number of benzene rings is 2. The summed E-state index contributed by atoms with van der Waals surface area (Å²) in [7, 11) is -4.25. The molecule has 0 bridgehead atoms. The van der Waals surface area contributed by atoms with Gasteiger partial charge in [-0.05, 0) is 60.0 Å². The van der Waals surface area contributed by atoms with Crippen LogP contribution in [0.4, 0.5) is 10.1 Å². The van der Waals surface area contributed by atoms with Crippen molar-refractivity contribution in [1.82, 2.24) is 4.98 Å². The van der Waals surface area contributed by atoms with Crippen LogP contribution in [0.2, 0.25) is 0 Å². The average molecular weight is 439 g/mol. The summed E-state index contributed by atoms with van der Waals surface area (Å²) in [6.45, 7) is 0.317. The Kier molecular flexibility index (Phi) is 4.53. The van der Waals surface area contributed by atoms with E-state index in [1.165, 1.54) is 4.90 Å². The largest absolute Gasteiger partial charge is 0.480 e. The lowest BCUT2D eigenvalue weighted by Gasteiger charge is -2.21. The molecule has 158 valence electrons. The second kappa shape index (κ2) is 7.14. The molecule has 0 spiro atoms. The Bertz CT molecular complexity index is 1310. The molecule has 7 nitrogen and oxygen atoms in total. The molecule has 1 aromatic heterocycles. The van der Waals surface area contributed by atoms with Gasteiger partial charge in [-0.3, -0.25) is 9.78 Å². The lowest BCUT2D eigenvalue weighted by Crippen LogP contribution is -2.40. The number of primary sulfonamides is 1. The number of ether oxygens (including phenoxy) is 1. The molecule has 9 heteroatoms. The number of hydrogen-bond donors (Lipinski definition) is 1. The third kappa shape index (κ3) is 3.45. The van der Waals surface area contributed by atoms with Crippen molar-refractivity contribution in [3.8, 4) is 17.0 Å². The molecular formula is C22H18FN3O4S. The van der Waals surface area contributed by atoms with E-state index >= 15 is 0 Å². The highest BCUT2D eigenvalue weighted by Crippen LogP contribution is 2.36. The number of pyridine rings is 1. The van der Waals surface area contributed by atoms with E-state index in [-0.39, 0.29) is 5.91 Å². The molecule has 2 N–H and O–H groups in total. The van der Waals surface area contributed by atoms with Gasteiger partial charge in [0.15, 0.2) is 6.10 Å². The summed E-state index contributed by atoms with van der Waals surface area (Å²) in [6.07, 6.45) is 1.77. The minimum absolute atomic E-state index is 0.304. The lowest BCUT2D eigenvalue weighted by molar-refractivity contribution is -0.124. The highest BCUT2D eigenvalue weighted by molar-refractivity contribution is 7.89. The van der Waals surface area contributed by atoms with E-state index in [0.717, 1.165) is 29.0 Å². The van der Waals surface area contributed by atoms with Crippen molar-refractivity contribution in [2.45, 2.75) is 23.8 Å². The van der Waals surface area contributed by atoms with E-state index in [9.17, 15) is 17.6 Å². The number of carbonyl (C=O) groups excluding carboxylic acids is 1. The van der Waals surface area contributed by atoms with Crippen LogP contribution in [0.1, 0.15) is 11.1 Å². The molecule has 3 aromatic rings. The van der Waals surface area contributed by atoms with Gasteiger partial charge in [-0.25, -0.2) is 17.9 Å². The zero-order valence-corrected chi connectivity index (χ0v) is 17.1. The first-order valence-corrected chi connectivity index (χ1v) is 11.2. The maximum Gasteiger partial charge on any atom is 0.268 e. The molecule has 0 saturated heterocycles. The van der Waals surface area contributed by atoms with Crippen molar-refractivity contribution in [1.29, 1.82) is 0 Å². The Hall–Kier alpha value is -3.30. The molecule has 3 heterocycles. The lowest BCUT2D eigenvalue weighted by atomic mass is 10.0. The molecule has 0 aliphatic carbocycles. The van der Waals surface area contributed by atoms with Crippen LogP contribution in [0.15, 0.2) is 59.6 Å². The zero-order valence-electron chi connectivity index (χ0n) is 16.3. The third-order valence-electron chi connectivity index (χ3n) is 5.57. The van der Waals surface area contributed by atoms with Gasteiger partial charge in [0.25, 0.3) is 5.91 Å². The number of amides is 1. The number of carbonyl (C=O) groups is 1. The van der Waals surface area contributed by atoms with Gasteiger partial charge in [-0.15, -0.1) is 0 Å². The van der Waals surface area contributed by atoms with E-state index in [4.69, 9.17) is 9.88 Å². The Morgan fingerprint density at radius 3 is 2.74 bits per heavy atom. The van der Waals surface area contributed by atoms with Gasteiger partial charge in [0.05, 0.1) is 5.69 Å². The molecule has 5 rings (SSSR count). The van der Waals surface area contributed by atoms with E-state index in [1.54, 1.807) is 6.20 Å². The summed E-state index contributed by atoms with van der Waals surface area (Å²) >= 11 is 0. The standard InChI is InChI=1S/C22H18FN3O4S/c23-16-10-14-6-8-26(18(14)12-21(16)31(24,28)29)22(27)20-11-15-9-13(4-5-19(15)30-20)17-3-1-2-7-25-17/h1-5,7,9-10,12,20H,6,8,11H2,(H2,24,28,29). The molecule has 1 unspecified atom stereocenters. The fourth-order valence-corrected chi connectivity index (χ4v) is 4.69. The molecule has 2 aromatic carbocycles. The molecule has 0 radical (unpaired) electrons. The third-order valence-corrected chi connectivity index (χ3v) is 6.50. The fraction of sp³-hybridized carbons (Fsp3) is 0.182. The number of hydrogen-bond acceptors (Lipinski definition) is 5. The van der Waals surface area contributed by atoms with Crippen molar-refractivity contribution >= 4 is 21.6 Å². The highest BCUT2D eigenvalue weighted by Gasteiger charge is 2.36. The zero-order chi connectivity index (χ0) is 21.8. The fourth-order valence-electron chi connectivity index (χ4n) is 4.09. The predicted octanol–water partition coefficient (Wildman–Crippen LogP) is 2.43. The summed E-state index contributed by atoms with van der Waals surface area (Å²) in [5.74, 6) is -0.592. The Balaban J connectivity index is 1.41.